The van der Waals surface area contributed by atoms with Crippen molar-refractivity contribution in [3.05, 3.63) is 0 Å². The Balaban J connectivity index is 1.21. The van der Waals surface area contributed by atoms with Gasteiger partial charge in [0.25, 0.3) is 0 Å². The number of rotatable bonds is 12. The summed E-state index contributed by atoms with van der Waals surface area (Å²) in [5.41, 5.74) is 7.16. The molecule has 0 spiro atoms. The standard InChI is InChI=1S/C40H77NO11Si8/c1-53(2,33-17-32-41)42-54(34-18-3-4-19-34)43-55(35-20-5-6-21-35)45-57(37-24-9-10-25-37)46-56(44-54,36-22-7-8-23-36)48-59(39-28-13-14-29-39)50-58(47-55,38-26-11-12-27-38)51-60(49-57,52-59)40-30-15-16-31-40/h34-40H,3-33,41H2,1-2H3. The quantitative estimate of drug-likeness (QED) is 0.187. The zero-order chi connectivity index (χ0) is 40.7. The van der Waals surface area contributed by atoms with Crippen molar-refractivity contribution in [2.75, 3.05) is 6.54 Å². The second-order valence-electron chi connectivity index (χ2n) is 21.9. The highest BCUT2D eigenvalue weighted by Crippen LogP contribution is 2.66. The molecule has 4 atom stereocenters. The third-order valence-electron chi connectivity index (χ3n) is 17.2. The van der Waals surface area contributed by atoms with Crippen LogP contribution >= 0.6 is 0 Å². The molecule has 0 aromatic rings. The first-order valence-electron chi connectivity index (χ1n) is 25.5. The molecule has 7 saturated carbocycles. The summed E-state index contributed by atoms with van der Waals surface area (Å²) in [4.78, 5) is 0. The highest BCUT2D eigenvalue weighted by molar-refractivity contribution is 7.03. The van der Waals surface area contributed by atoms with Gasteiger partial charge < -0.3 is 51.0 Å². The average molecular weight is 973 g/mol. The van der Waals surface area contributed by atoms with Crippen LogP contribution in [0.2, 0.25) is 57.9 Å². The van der Waals surface area contributed by atoms with Crippen molar-refractivity contribution in [2.24, 2.45) is 5.73 Å². The summed E-state index contributed by atoms with van der Waals surface area (Å²) in [6.07, 6.45) is 31.4. The lowest BCUT2D eigenvalue weighted by Crippen LogP contribution is -2.89. The minimum absolute atomic E-state index is 0.0947. The van der Waals surface area contributed by atoms with Gasteiger partial charge in [0, 0.05) is 38.8 Å². The topological polar surface area (TPSA) is 128 Å². The SMILES string of the molecule is C[Si](C)(CCCN)O[Si]1(C2CCCC2)O[Si]2(C3CCCC3)O[Si]3(C4CCCC4)O[Si](C4CCCC4)(O1)O[Si]1(C4CCCC4)O[Si](C4CCCC4)(O2)O[Si](C2CCCC2)(O3)O1. The first kappa shape index (κ1) is 43.8. The van der Waals surface area contributed by atoms with E-state index in [1.807, 2.05) is 0 Å². The van der Waals surface area contributed by atoms with Crippen LogP contribution in [0.1, 0.15) is 186 Å². The Morgan fingerprint density at radius 3 is 0.817 bits per heavy atom. The van der Waals surface area contributed by atoms with Gasteiger partial charge in [0.2, 0.25) is 0 Å². The average Bonchev–Trinajstić information content (AvgIpc) is 4.09. The monoisotopic (exact) mass is 971 g/mol. The van der Waals surface area contributed by atoms with E-state index >= 15 is 0 Å². The Hall–Kier alpha value is 1.26. The van der Waals surface area contributed by atoms with Crippen molar-refractivity contribution in [3.8, 4) is 0 Å². The molecule has 4 heterocycles. The molecule has 12 nitrogen and oxygen atoms in total. The third-order valence-corrected chi connectivity index (χ3v) is 55.9. The molecular weight excluding hydrogens is 895 g/mol. The van der Waals surface area contributed by atoms with Crippen molar-refractivity contribution in [1.29, 1.82) is 0 Å². The molecule has 0 radical (unpaired) electrons. The first-order chi connectivity index (χ1) is 29.1. The molecule has 0 amide bonds. The first-order valence-corrected chi connectivity index (χ1v) is 41.2. The Labute approximate surface area is 369 Å². The van der Waals surface area contributed by atoms with Crippen LogP contribution in [-0.4, -0.2) is 76.5 Å². The largest absolute Gasteiger partial charge is 0.482 e. The molecule has 2 N–H and O–H groups in total. The van der Waals surface area contributed by atoms with Gasteiger partial charge in [-0.1, -0.05) is 89.9 Å². The minimum atomic E-state index is -3.90. The van der Waals surface area contributed by atoms with Crippen molar-refractivity contribution in [3.63, 3.8) is 0 Å². The lowest BCUT2D eigenvalue weighted by atomic mass is 10.4. The van der Waals surface area contributed by atoms with Crippen molar-refractivity contribution >= 4 is 69.9 Å². The van der Waals surface area contributed by atoms with E-state index in [4.69, 9.17) is 51.0 Å². The van der Waals surface area contributed by atoms with Crippen LogP contribution in [0.5, 0.6) is 0 Å². The maximum absolute atomic E-state index is 8.50. The number of nitrogens with two attached hydrogens (primary N) is 1. The van der Waals surface area contributed by atoms with Crippen molar-refractivity contribution < 1.29 is 45.3 Å². The highest BCUT2D eigenvalue weighted by atomic mass is 28.6. The van der Waals surface area contributed by atoms with Crippen LogP contribution < -0.4 is 5.73 Å². The van der Waals surface area contributed by atoms with Gasteiger partial charge in [-0.05, 0) is 122 Å². The van der Waals surface area contributed by atoms with Crippen molar-refractivity contribution in [2.45, 2.75) is 244 Å². The Morgan fingerprint density at radius 2 is 0.583 bits per heavy atom. The Bertz CT molecular complexity index is 1460. The molecule has 20 heteroatoms. The highest BCUT2D eigenvalue weighted by Gasteiger charge is 2.87. The number of hydrogen-bond acceptors (Lipinski definition) is 12. The van der Waals surface area contributed by atoms with Gasteiger partial charge in [-0.15, -0.1) is 0 Å². The molecule has 6 bridgehead atoms. The molecule has 340 valence electrons. The molecule has 0 aromatic heterocycles. The van der Waals surface area contributed by atoms with Gasteiger partial charge >= 0.3 is 61.6 Å². The van der Waals surface area contributed by atoms with E-state index in [0.717, 1.165) is 192 Å². The maximum atomic E-state index is 8.50. The van der Waals surface area contributed by atoms with Crippen LogP contribution in [-0.2, 0) is 45.3 Å². The van der Waals surface area contributed by atoms with Crippen LogP contribution in [0, 0.1) is 0 Å². The summed E-state index contributed by atoms with van der Waals surface area (Å²) >= 11 is 0. The van der Waals surface area contributed by atoms with E-state index in [-0.39, 0.29) is 38.8 Å². The minimum Gasteiger partial charge on any atom is -0.416 e. The van der Waals surface area contributed by atoms with Gasteiger partial charge in [-0.2, -0.15) is 0 Å². The van der Waals surface area contributed by atoms with Gasteiger partial charge in [-0.3, -0.25) is 0 Å². The fourth-order valence-electron chi connectivity index (χ4n) is 14.1. The van der Waals surface area contributed by atoms with E-state index in [1.54, 1.807) is 0 Å². The molecule has 4 unspecified atom stereocenters. The van der Waals surface area contributed by atoms with E-state index in [0.29, 0.717) is 6.54 Å². The number of hydrogen-bond donors (Lipinski definition) is 1. The zero-order valence-corrected chi connectivity index (χ0v) is 45.0. The van der Waals surface area contributed by atoms with Crippen LogP contribution in [0.25, 0.3) is 0 Å². The molecule has 0 aromatic carbocycles. The zero-order valence-electron chi connectivity index (χ0n) is 37.0. The van der Waals surface area contributed by atoms with E-state index in [1.165, 1.54) is 0 Å². The second-order valence-corrected chi connectivity index (χ2v) is 49.0. The molecule has 4 saturated heterocycles. The lowest BCUT2D eigenvalue weighted by molar-refractivity contribution is -0.0366. The smallest absolute Gasteiger partial charge is 0.416 e. The lowest BCUT2D eigenvalue weighted by Gasteiger charge is -2.66. The summed E-state index contributed by atoms with van der Waals surface area (Å²) < 4.78 is 91.9. The normalized spacial score (nSPS) is 45.6. The van der Waals surface area contributed by atoms with E-state index in [9.17, 15) is 0 Å². The van der Waals surface area contributed by atoms with E-state index < -0.39 is 69.9 Å². The second kappa shape index (κ2) is 16.8. The molecule has 7 aliphatic carbocycles. The molecule has 11 rings (SSSR count). The predicted molar refractivity (Wildman–Crippen MR) is 244 cm³/mol. The molecule has 11 fully saturated rings. The fraction of sp³-hybridized carbons (Fsp3) is 1.00. The van der Waals surface area contributed by atoms with Gasteiger partial charge in [0.1, 0.15) is 0 Å². The summed E-state index contributed by atoms with van der Waals surface area (Å²) in [7, 11) is -28.9. The predicted octanol–water partition coefficient (Wildman–Crippen LogP) is 11.0. The summed E-state index contributed by atoms with van der Waals surface area (Å²) in [6, 6.07) is 0.952. The Morgan fingerprint density at radius 1 is 0.367 bits per heavy atom. The van der Waals surface area contributed by atoms with Gasteiger partial charge in [-0.25, -0.2) is 0 Å². The van der Waals surface area contributed by atoms with Gasteiger partial charge in [0.15, 0.2) is 8.32 Å². The van der Waals surface area contributed by atoms with Crippen LogP contribution in [0.4, 0.5) is 0 Å². The fourth-order valence-corrected chi connectivity index (χ4v) is 67.7. The van der Waals surface area contributed by atoms with E-state index in [2.05, 4.69) is 13.1 Å². The van der Waals surface area contributed by atoms with Gasteiger partial charge in [0.05, 0.1) is 0 Å². The summed E-state index contributed by atoms with van der Waals surface area (Å²) in [6.45, 7) is 5.41. The van der Waals surface area contributed by atoms with Crippen LogP contribution in [0.15, 0.2) is 0 Å². The molecule has 11 aliphatic rings. The Kier molecular flexibility index (Phi) is 12.3. The molecule has 4 aliphatic heterocycles. The maximum Gasteiger partial charge on any atom is 0.482 e. The summed E-state index contributed by atoms with van der Waals surface area (Å²) in [5.74, 6) is 0. The van der Waals surface area contributed by atoms with Crippen LogP contribution in [0.3, 0.4) is 0 Å². The summed E-state index contributed by atoms with van der Waals surface area (Å²) in [5, 5.41) is 0. The molecular formula is C40H77NO11Si8. The number of fused-ring (bicyclic) bond motifs is 4. The van der Waals surface area contributed by atoms with Crippen molar-refractivity contribution in [1.82, 2.24) is 0 Å². The third kappa shape index (κ3) is 7.55. The molecule has 60 heavy (non-hydrogen) atoms.